The molecule has 2 saturated carbocycles. The van der Waals surface area contributed by atoms with Gasteiger partial charge in [0, 0.05) is 37.4 Å². The van der Waals surface area contributed by atoms with Crippen LogP contribution in [-0.2, 0) is 19.2 Å². The normalized spacial score (nSPS) is 33.3. The molecule has 0 saturated heterocycles. The highest BCUT2D eigenvalue weighted by atomic mass is 16.4. The van der Waals surface area contributed by atoms with Crippen LogP contribution in [0, 0.1) is 23.7 Å². The quantitative estimate of drug-likeness (QED) is 0.199. The van der Waals surface area contributed by atoms with Crippen molar-refractivity contribution in [2.75, 3.05) is 13.6 Å². The number of hydrazine groups is 1. The van der Waals surface area contributed by atoms with E-state index in [4.69, 9.17) is 0 Å². The van der Waals surface area contributed by atoms with Crippen LogP contribution in [0.5, 0.6) is 5.75 Å². The first-order valence-corrected chi connectivity index (χ1v) is 13.7. The molecule has 2 fully saturated rings. The van der Waals surface area contributed by atoms with E-state index in [1.165, 1.54) is 18.1 Å². The molecule has 220 valence electrons. The van der Waals surface area contributed by atoms with Crippen molar-refractivity contribution in [1.29, 1.82) is 0 Å². The average molecular weight is 571 g/mol. The maximum absolute atomic E-state index is 13.8. The summed E-state index contributed by atoms with van der Waals surface area (Å²) in [6, 6.07) is 4.48. The lowest BCUT2D eigenvalue weighted by Gasteiger charge is -2.50. The minimum atomic E-state index is -2.89. The molecule has 6 unspecified atom stereocenters. The first-order chi connectivity index (χ1) is 19.3. The van der Waals surface area contributed by atoms with Gasteiger partial charge in [-0.25, -0.2) is 5.01 Å². The Morgan fingerprint density at radius 2 is 1.80 bits per heavy atom. The Labute approximate surface area is 235 Å². The summed E-state index contributed by atoms with van der Waals surface area (Å²) in [5, 5.41) is 66.5. The maximum Gasteiger partial charge on any atom is 0.306 e. The minimum Gasteiger partial charge on any atom is -0.508 e. The Morgan fingerprint density at radius 1 is 1.12 bits per heavy atom. The molecule has 5 rings (SSSR count). The number of phenolic OH excluding ortho intramolecular Hbond substituents is 1. The molecule has 1 amide bonds. The molecule has 0 bridgehead atoms. The molecule has 12 nitrogen and oxygen atoms in total. The Morgan fingerprint density at radius 3 is 2.49 bits per heavy atom. The fourth-order valence-electron chi connectivity index (χ4n) is 7.32. The van der Waals surface area contributed by atoms with E-state index < -0.39 is 87.9 Å². The molecule has 0 heterocycles. The smallest absolute Gasteiger partial charge is 0.306 e. The number of hydrogen-bond acceptors (Lipinski definition) is 10. The molecular weight excluding hydrogens is 536 g/mol. The third-order valence-electron chi connectivity index (χ3n) is 9.37. The minimum absolute atomic E-state index is 0.0359. The lowest BCUT2D eigenvalue weighted by Crippen LogP contribution is -2.64. The number of Topliss-reactive ketones (excluding diaryl/α,β-unsaturated/α-hetero) is 2. The van der Waals surface area contributed by atoms with Crippen molar-refractivity contribution < 1.29 is 49.8 Å². The standard InChI is InChI=1S/C29H34N2O10/c1-12-14-8-5-9-17(32)20(14)24(35)22-19(12)23(34)16-10-18(33)21(25(36)29(16,41)26(22)37)27(38)30-31(2)11-13-6-3-4-7-15(13)28(39)40/h5,8-9,12-13,15-16,19,23,32,34-36,41H,3-4,6-7,10-11H2,1-2H3,(H,30,38)(H,39,40)/t12?,13?,15?,16?,19?,23?,29-/m0/s1. The van der Waals surface area contributed by atoms with Gasteiger partial charge in [0.1, 0.15) is 22.8 Å². The lowest BCUT2D eigenvalue weighted by molar-refractivity contribution is -0.161. The largest absolute Gasteiger partial charge is 0.508 e. The number of ketones is 2. The van der Waals surface area contributed by atoms with Gasteiger partial charge in [-0.1, -0.05) is 31.9 Å². The number of aliphatic carboxylic acids is 1. The van der Waals surface area contributed by atoms with E-state index in [0.717, 1.165) is 12.8 Å². The lowest BCUT2D eigenvalue weighted by atomic mass is 9.55. The van der Waals surface area contributed by atoms with E-state index >= 15 is 0 Å². The Kier molecular flexibility index (Phi) is 7.21. The molecule has 12 heteroatoms. The monoisotopic (exact) mass is 570 g/mol. The zero-order chi connectivity index (χ0) is 30.0. The van der Waals surface area contributed by atoms with E-state index in [1.807, 2.05) is 0 Å². The van der Waals surface area contributed by atoms with Crippen molar-refractivity contribution in [1.82, 2.24) is 10.4 Å². The number of rotatable bonds is 5. The topological polar surface area (TPSA) is 205 Å². The van der Waals surface area contributed by atoms with Gasteiger partial charge in [-0.2, -0.15) is 0 Å². The highest BCUT2D eigenvalue weighted by Gasteiger charge is 2.65. The van der Waals surface area contributed by atoms with Gasteiger partial charge in [-0.15, -0.1) is 0 Å². The second kappa shape index (κ2) is 10.3. The van der Waals surface area contributed by atoms with Crippen LogP contribution in [0.25, 0.3) is 5.76 Å². The second-order valence-corrected chi connectivity index (χ2v) is 11.7. The number of carbonyl (C=O) groups is 4. The number of amides is 1. The Bertz CT molecular complexity index is 1400. The van der Waals surface area contributed by atoms with Crippen LogP contribution >= 0.6 is 0 Å². The number of aliphatic hydroxyl groups excluding tert-OH is 3. The van der Waals surface area contributed by atoms with Crippen molar-refractivity contribution in [3.63, 3.8) is 0 Å². The fourth-order valence-corrected chi connectivity index (χ4v) is 7.32. The number of carboxylic acids is 1. The molecule has 0 radical (unpaired) electrons. The summed E-state index contributed by atoms with van der Waals surface area (Å²) >= 11 is 0. The number of nitrogens with zero attached hydrogens (tertiary/aromatic N) is 1. The second-order valence-electron chi connectivity index (χ2n) is 11.7. The van der Waals surface area contributed by atoms with Crippen LogP contribution in [0.2, 0.25) is 0 Å². The van der Waals surface area contributed by atoms with E-state index in [0.29, 0.717) is 18.4 Å². The number of hydrogen-bond donors (Lipinski definition) is 7. The van der Waals surface area contributed by atoms with Crippen LogP contribution in [0.4, 0.5) is 0 Å². The summed E-state index contributed by atoms with van der Waals surface area (Å²) in [5.74, 6) is -10.3. The highest BCUT2D eigenvalue weighted by Crippen LogP contribution is 2.55. The summed E-state index contributed by atoms with van der Waals surface area (Å²) in [7, 11) is 1.48. The predicted octanol–water partition coefficient (Wildman–Crippen LogP) is 1.32. The number of phenols is 1. The fraction of sp³-hybridized carbons (Fsp3) is 0.517. The van der Waals surface area contributed by atoms with Crippen molar-refractivity contribution in [2.45, 2.75) is 56.7 Å². The molecule has 4 aliphatic carbocycles. The Balaban J connectivity index is 1.48. The van der Waals surface area contributed by atoms with Crippen molar-refractivity contribution in [2.24, 2.45) is 23.7 Å². The van der Waals surface area contributed by atoms with Crippen molar-refractivity contribution in [3.05, 3.63) is 46.2 Å². The molecule has 1 aromatic rings. The number of aromatic hydroxyl groups is 1. The number of fused-ring (bicyclic) bond motifs is 3. The van der Waals surface area contributed by atoms with Gasteiger partial charge in [-0.05, 0) is 36.3 Å². The molecule has 4 aliphatic rings. The number of carbonyl (C=O) groups excluding carboxylic acids is 3. The molecule has 0 aromatic heterocycles. The van der Waals surface area contributed by atoms with E-state index in [1.54, 1.807) is 19.1 Å². The highest BCUT2D eigenvalue weighted by molar-refractivity contribution is 6.23. The van der Waals surface area contributed by atoms with Crippen LogP contribution in [0.3, 0.4) is 0 Å². The van der Waals surface area contributed by atoms with Gasteiger partial charge in [0.15, 0.2) is 11.4 Å². The number of carboxylic acid groups (broad SMARTS) is 1. The number of aliphatic hydroxyl groups is 4. The molecule has 41 heavy (non-hydrogen) atoms. The van der Waals surface area contributed by atoms with Crippen LogP contribution in [-0.4, -0.2) is 84.4 Å². The van der Waals surface area contributed by atoms with Crippen LogP contribution in [0.1, 0.15) is 56.1 Å². The average Bonchev–Trinajstić information content (AvgIpc) is 2.91. The third kappa shape index (κ3) is 4.32. The van der Waals surface area contributed by atoms with Gasteiger partial charge < -0.3 is 30.6 Å². The molecule has 1 aromatic carbocycles. The predicted molar refractivity (Wildman–Crippen MR) is 142 cm³/mol. The van der Waals surface area contributed by atoms with Gasteiger partial charge in [0.2, 0.25) is 5.78 Å². The van der Waals surface area contributed by atoms with E-state index in [2.05, 4.69) is 5.43 Å². The van der Waals surface area contributed by atoms with Crippen LogP contribution < -0.4 is 5.43 Å². The van der Waals surface area contributed by atoms with Gasteiger partial charge in [-0.3, -0.25) is 24.6 Å². The number of nitrogens with one attached hydrogen (secondary N) is 1. The molecule has 7 atom stereocenters. The number of benzene rings is 1. The molecular formula is C29H34N2O10. The van der Waals surface area contributed by atoms with E-state index in [-0.39, 0.29) is 23.8 Å². The summed E-state index contributed by atoms with van der Waals surface area (Å²) in [6.07, 6.45) is 0.565. The van der Waals surface area contributed by atoms with Gasteiger partial charge in [0.05, 0.1) is 17.6 Å². The molecule has 7 N–H and O–H groups in total. The first kappa shape index (κ1) is 28.8. The zero-order valence-electron chi connectivity index (χ0n) is 22.7. The summed E-state index contributed by atoms with van der Waals surface area (Å²) in [6.45, 7) is 1.82. The molecule has 0 aliphatic heterocycles. The van der Waals surface area contributed by atoms with Crippen LogP contribution in [0.15, 0.2) is 35.1 Å². The maximum atomic E-state index is 13.8. The summed E-state index contributed by atoms with van der Waals surface area (Å²) in [5.41, 5.74) is -1.31. The van der Waals surface area contributed by atoms with Crippen molar-refractivity contribution >= 4 is 29.2 Å². The SMILES string of the molecule is CC1c2cccc(O)c2C(O)=C2C(=O)[C@@]3(O)C(O)=C(C(=O)NN(C)CC4CCCCC4C(=O)O)C(=O)CC3C(O)C21. The van der Waals surface area contributed by atoms with Crippen molar-refractivity contribution in [3.8, 4) is 5.75 Å². The van der Waals surface area contributed by atoms with Gasteiger partial charge in [0.25, 0.3) is 5.91 Å². The first-order valence-electron chi connectivity index (χ1n) is 13.7. The zero-order valence-corrected chi connectivity index (χ0v) is 22.7. The molecule has 0 spiro atoms. The van der Waals surface area contributed by atoms with E-state index in [9.17, 15) is 49.8 Å². The summed E-state index contributed by atoms with van der Waals surface area (Å²) in [4.78, 5) is 51.9. The van der Waals surface area contributed by atoms with Gasteiger partial charge >= 0.3 is 5.97 Å². The summed E-state index contributed by atoms with van der Waals surface area (Å²) < 4.78 is 0. The Hall–Kier alpha value is -3.74. The third-order valence-corrected chi connectivity index (χ3v) is 9.37.